The Kier molecular flexibility index (Phi) is 4.43. The first-order valence-corrected chi connectivity index (χ1v) is 6.70. The van der Waals surface area contributed by atoms with Crippen LogP contribution in [0.25, 0.3) is 0 Å². The minimum Gasteiger partial charge on any atom is -0.497 e. The molecule has 0 aromatic heterocycles. The van der Waals surface area contributed by atoms with Crippen molar-refractivity contribution in [3.63, 3.8) is 0 Å². The molecule has 1 atom stereocenters. The van der Waals surface area contributed by atoms with Gasteiger partial charge in [0.2, 0.25) is 0 Å². The normalized spacial score (nSPS) is 20.7. The lowest BCUT2D eigenvalue weighted by atomic mass is 10.0. The number of hydrogen-bond acceptors (Lipinski definition) is 2. The Hall–Kier alpha value is -1.02. The van der Waals surface area contributed by atoms with Crippen molar-refractivity contribution in [1.82, 2.24) is 4.90 Å². The Bertz CT molecular complexity index is 333. The maximum absolute atomic E-state index is 5.19. The van der Waals surface area contributed by atoms with Crippen LogP contribution < -0.4 is 4.74 Å². The summed E-state index contributed by atoms with van der Waals surface area (Å²) >= 11 is 0. The van der Waals surface area contributed by atoms with E-state index in [1.165, 1.54) is 44.3 Å². The van der Waals surface area contributed by atoms with Crippen molar-refractivity contribution in [3.8, 4) is 5.75 Å². The van der Waals surface area contributed by atoms with Crippen molar-refractivity contribution in [2.45, 2.75) is 38.6 Å². The summed E-state index contributed by atoms with van der Waals surface area (Å²) in [6.07, 6.45) is 5.16. The molecule has 17 heavy (non-hydrogen) atoms. The molecule has 1 aliphatic rings. The van der Waals surface area contributed by atoms with E-state index in [0.717, 1.165) is 11.8 Å². The molecule has 1 aromatic carbocycles. The van der Waals surface area contributed by atoms with Crippen LogP contribution in [0.15, 0.2) is 24.3 Å². The summed E-state index contributed by atoms with van der Waals surface area (Å²) in [6, 6.07) is 9.27. The molecule has 2 nitrogen and oxygen atoms in total. The van der Waals surface area contributed by atoms with E-state index in [-0.39, 0.29) is 0 Å². The molecule has 1 aromatic rings. The van der Waals surface area contributed by atoms with Crippen molar-refractivity contribution in [1.29, 1.82) is 0 Å². The number of hydrogen-bond donors (Lipinski definition) is 0. The average Bonchev–Trinajstić information content (AvgIpc) is 2.78. The second kappa shape index (κ2) is 6.06. The molecule has 0 amide bonds. The number of rotatable bonds is 5. The third-order valence-corrected chi connectivity index (χ3v) is 3.64. The second-order valence-electron chi connectivity index (χ2n) is 4.88. The second-order valence-corrected chi connectivity index (χ2v) is 4.88. The molecule has 2 rings (SSSR count). The maximum Gasteiger partial charge on any atom is 0.118 e. The molecule has 1 heterocycles. The van der Waals surface area contributed by atoms with Gasteiger partial charge < -0.3 is 9.64 Å². The van der Waals surface area contributed by atoms with Gasteiger partial charge in [-0.25, -0.2) is 0 Å². The van der Waals surface area contributed by atoms with E-state index in [4.69, 9.17) is 4.74 Å². The van der Waals surface area contributed by atoms with Gasteiger partial charge in [-0.05, 0) is 56.5 Å². The molecule has 0 N–H and O–H groups in total. The van der Waals surface area contributed by atoms with Gasteiger partial charge in [0.1, 0.15) is 5.75 Å². The first-order valence-electron chi connectivity index (χ1n) is 6.70. The molecular formula is C15H23NO. The Morgan fingerprint density at radius 1 is 1.29 bits per heavy atom. The maximum atomic E-state index is 5.19. The summed E-state index contributed by atoms with van der Waals surface area (Å²) in [5.74, 6) is 0.950. The Morgan fingerprint density at radius 2 is 2.06 bits per heavy atom. The monoisotopic (exact) mass is 233 g/mol. The van der Waals surface area contributed by atoms with E-state index in [1.807, 2.05) is 0 Å². The van der Waals surface area contributed by atoms with Crippen LogP contribution in [0, 0.1) is 0 Å². The van der Waals surface area contributed by atoms with Crippen LogP contribution in [-0.4, -0.2) is 31.1 Å². The fourth-order valence-electron chi connectivity index (χ4n) is 2.74. The number of ether oxygens (including phenoxy) is 1. The third kappa shape index (κ3) is 3.22. The fraction of sp³-hybridized carbons (Fsp3) is 0.600. The Morgan fingerprint density at radius 3 is 2.71 bits per heavy atom. The van der Waals surface area contributed by atoms with Crippen molar-refractivity contribution < 1.29 is 4.74 Å². The van der Waals surface area contributed by atoms with Gasteiger partial charge in [-0.2, -0.15) is 0 Å². The first kappa shape index (κ1) is 12.4. The summed E-state index contributed by atoms with van der Waals surface area (Å²) in [4.78, 5) is 2.64. The topological polar surface area (TPSA) is 12.5 Å². The van der Waals surface area contributed by atoms with Crippen molar-refractivity contribution in [2.75, 3.05) is 20.2 Å². The standard InChI is InChI=1S/C15H23NO/c1-3-10-16-11-4-5-14(16)12-13-6-8-15(17-2)9-7-13/h6-9,14H,3-5,10-12H2,1-2H3/t14-/m1/s1. The van der Waals surface area contributed by atoms with Crippen LogP contribution in [0.5, 0.6) is 5.75 Å². The van der Waals surface area contributed by atoms with Crippen LogP contribution in [0.2, 0.25) is 0 Å². The van der Waals surface area contributed by atoms with Crippen LogP contribution in [-0.2, 0) is 6.42 Å². The number of likely N-dealkylation sites (tertiary alicyclic amines) is 1. The molecule has 94 valence electrons. The summed E-state index contributed by atoms with van der Waals surface area (Å²) in [5.41, 5.74) is 1.43. The molecule has 1 saturated heterocycles. The molecule has 2 heteroatoms. The lowest BCUT2D eigenvalue weighted by Gasteiger charge is -2.23. The number of nitrogens with zero attached hydrogens (tertiary/aromatic N) is 1. The number of benzene rings is 1. The SMILES string of the molecule is CCCN1CCC[C@@H]1Cc1ccc(OC)cc1. The molecule has 0 spiro atoms. The summed E-state index contributed by atoms with van der Waals surface area (Å²) in [7, 11) is 1.72. The van der Waals surface area contributed by atoms with Crippen molar-refractivity contribution >= 4 is 0 Å². The molecule has 1 aliphatic heterocycles. The van der Waals surface area contributed by atoms with Crippen molar-refractivity contribution in [3.05, 3.63) is 29.8 Å². The van der Waals surface area contributed by atoms with E-state index in [2.05, 4.69) is 36.1 Å². The van der Waals surface area contributed by atoms with Crippen LogP contribution >= 0.6 is 0 Å². The quantitative estimate of drug-likeness (QED) is 0.775. The van der Waals surface area contributed by atoms with Gasteiger partial charge in [0, 0.05) is 6.04 Å². The minimum atomic E-state index is 0.753. The fourth-order valence-corrected chi connectivity index (χ4v) is 2.74. The zero-order valence-corrected chi connectivity index (χ0v) is 11.0. The lowest BCUT2D eigenvalue weighted by Crippen LogP contribution is -2.31. The largest absolute Gasteiger partial charge is 0.497 e. The van der Waals surface area contributed by atoms with Gasteiger partial charge in [0.15, 0.2) is 0 Å². The van der Waals surface area contributed by atoms with Crippen LogP contribution in [0.4, 0.5) is 0 Å². The van der Waals surface area contributed by atoms with E-state index in [1.54, 1.807) is 7.11 Å². The average molecular weight is 233 g/mol. The van der Waals surface area contributed by atoms with E-state index in [9.17, 15) is 0 Å². The molecule has 0 bridgehead atoms. The Labute approximate surface area is 105 Å². The summed E-state index contributed by atoms with van der Waals surface area (Å²) in [5, 5.41) is 0. The summed E-state index contributed by atoms with van der Waals surface area (Å²) in [6.45, 7) is 4.80. The predicted octanol–water partition coefficient (Wildman–Crippen LogP) is 3.11. The van der Waals surface area contributed by atoms with E-state index < -0.39 is 0 Å². The Balaban J connectivity index is 1.94. The molecule has 0 unspecified atom stereocenters. The van der Waals surface area contributed by atoms with Crippen molar-refractivity contribution in [2.24, 2.45) is 0 Å². The highest BCUT2D eigenvalue weighted by Crippen LogP contribution is 2.22. The molecule has 0 saturated carbocycles. The lowest BCUT2D eigenvalue weighted by molar-refractivity contribution is 0.253. The first-order chi connectivity index (χ1) is 8.33. The highest BCUT2D eigenvalue weighted by molar-refractivity contribution is 5.27. The zero-order valence-electron chi connectivity index (χ0n) is 11.0. The van der Waals surface area contributed by atoms with Gasteiger partial charge >= 0.3 is 0 Å². The van der Waals surface area contributed by atoms with Crippen LogP contribution in [0.1, 0.15) is 31.7 Å². The van der Waals surface area contributed by atoms with Crippen LogP contribution in [0.3, 0.4) is 0 Å². The summed E-state index contributed by atoms with van der Waals surface area (Å²) < 4.78 is 5.19. The zero-order chi connectivity index (χ0) is 12.1. The highest BCUT2D eigenvalue weighted by Gasteiger charge is 2.23. The number of methoxy groups -OCH3 is 1. The van der Waals surface area contributed by atoms with Gasteiger partial charge in [-0.3, -0.25) is 0 Å². The molecule has 0 aliphatic carbocycles. The predicted molar refractivity (Wildman–Crippen MR) is 71.6 cm³/mol. The third-order valence-electron chi connectivity index (χ3n) is 3.64. The molecule has 0 radical (unpaired) electrons. The molecule has 1 fully saturated rings. The smallest absolute Gasteiger partial charge is 0.118 e. The van der Waals surface area contributed by atoms with E-state index >= 15 is 0 Å². The van der Waals surface area contributed by atoms with Gasteiger partial charge in [-0.1, -0.05) is 19.1 Å². The van der Waals surface area contributed by atoms with E-state index in [0.29, 0.717) is 0 Å². The van der Waals surface area contributed by atoms with Gasteiger partial charge in [0.25, 0.3) is 0 Å². The molecular weight excluding hydrogens is 210 g/mol. The van der Waals surface area contributed by atoms with Gasteiger partial charge in [-0.15, -0.1) is 0 Å². The van der Waals surface area contributed by atoms with Gasteiger partial charge in [0.05, 0.1) is 7.11 Å². The highest BCUT2D eigenvalue weighted by atomic mass is 16.5. The minimum absolute atomic E-state index is 0.753.